The molecule has 3 rings (SSSR count). The molecule has 0 spiro atoms. The van der Waals surface area contributed by atoms with Crippen LogP contribution in [0.15, 0.2) is 42.5 Å². The van der Waals surface area contributed by atoms with Crippen molar-refractivity contribution in [2.75, 3.05) is 24.4 Å². The average molecular weight is 342 g/mol. The highest BCUT2D eigenvalue weighted by molar-refractivity contribution is 6.00. The maximum absolute atomic E-state index is 12.3. The first-order valence-corrected chi connectivity index (χ1v) is 7.80. The van der Waals surface area contributed by atoms with Gasteiger partial charge in [-0.15, -0.1) is 0 Å². The van der Waals surface area contributed by atoms with Crippen molar-refractivity contribution in [3.63, 3.8) is 0 Å². The second kappa shape index (κ2) is 7.12. The number of amides is 1. The molecule has 0 saturated heterocycles. The molecule has 0 fully saturated rings. The van der Waals surface area contributed by atoms with E-state index in [1.165, 1.54) is 6.07 Å². The zero-order valence-electron chi connectivity index (χ0n) is 13.9. The van der Waals surface area contributed by atoms with Crippen LogP contribution in [0.3, 0.4) is 0 Å². The van der Waals surface area contributed by atoms with Gasteiger partial charge in [0.05, 0.1) is 25.0 Å². The lowest BCUT2D eigenvalue weighted by Gasteiger charge is -2.27. The largest absolute Gasteiger partial charge is 0.497 e. The molecule has 1 heterocycles. The molecule has 1 aliphatic rings. The van der Waals surface area contributed by atoms with Crippen LogP contribution in [0.25, 0.3) is 0 Å². The minimum absolute atomic E-state index is 0.284. The number of esters is 1. The molecular formula is C18H18N2O5. The molecule has 2 aromatic carbocycles. The number of hydrogen-bond acceptors (Lipinski definition) is 6. The summed E-state index contributed by atoms with van der Waals surface area (Å²) in [6.45, 7) is 2.02. The maximum Gasteiger partial charge on any atom is 0.338 e. The Morgan fingerprint density at radius 1 is 1.24 bits per heavy atom. The molecule has 130 valence electrons. The molecular weight excluding hydrogens is 324 g/mol. The van der Waals surface area contributed by atoms with Gasteiger partial charge < -0.3 is 24.8 Å². The van der Waals surface area contributed by atoms with E-state index in [0.717, 1.165) is 5.75 Å². The lowest BCUT2D eigenvalue weighted by atomic mass is 10.1. The van der Waals surface area contributed by atoms with Gasteiger partial charge in [0.15, 0.2) is 0 Å². The van der Waals surface area contributed by atoms with Crippen molar-refractivity contribution in [1.82, 2.24) is 0 Å². The molecule has 0 saturated carbocycles. The number of rotatable bonds is 5. The number of fused-ring (bicyclic) bond motifs is 1. The normalized spacial score (nSPS) is 15.4. The van der Waals surface area contributed by atoms with Crippen molar-refractivity contribution in [1.29, 1.82) is 0 Å². The molecule has 2 aromatic rings. The molecule has 0 bridgehead atoms. The summed E-state index contributed by atoms with van der Waals surface area (Å²) < 4.78 is 15.7. The van der Waals surface area contributed by atoms with Crippen molar-refractivity contribution in [2.24, 2.45) is 0 Å². The van der Waals surface area contributed by atoms with E-state index >= 15 is 0 Å². The van der Waals surface area contributed by atoms with Crippen molar-refractivity contribution in [3.8, 4) is 11.5 Å². The first-order chi connectivity index (χ1) is 12.1. The number of nitrogens with one attached hydrogen (secondary N) is 2. The Hall–Kier alpha value is -3.22. The first kappa shape index (κ1) is 16.6. The van der Waals surface area contributed by atoms with Crippen molar-refractivity contribution in [3.05, 3.63) is 48.0 Å². The Kier molecular flexibility index (Phi) is 4.74. The third-order valence-corrected chi connectivity index (χ3v) is 3.62. The van der Waals surface area contributed by atoms with Gasteiger partial charge in [0, 0.05) is 5.69 Å². The third-order valence-electron chi connectivity index (χ3n) is 3.62. The van der Waals surface area contributed by atoms with Crippen molar-refractivity contribution >= 4 is 23.3 Å². The van der Waals surface area contributed by atoms with Crippen LogP contribution >= 0.6 is 0 Å². The summed E-state index contributed by atoms with van der Waals surface area (Å²) in [5.41, 5.74) is 1.50. The van der Waals surface area contributed by atoms with Crippen LogP contribution in [0.4, 0.5) is 11.4 Å². The van der Waals surface area contributed by atoms with Crippen LogP contribution in [0, 0.1) is 0 Å². The van der Waals surface area contributed by atoms with Crippen LogP contribution in [0.1, 0.15) is 17.3 Å². The highest BCUT2D eigenvalue weighted by Crippen LogP contribution is 2.31. The molecule has 1 amide bonds. The Balaban J connectivity index is 1.74. The molecule has 7 nitrogen and oxygen atoms in total. The Bertz CT molecular complexity index is 789. The molecule has 1 atom stereocenters. The van der Waals surface area contributed by atoms with Crippen LogP contribution in [0.5, 0.6) is 11.5 Å². The highest BCUT2D eigenvalue weighted by atomic mass is 16.5. The van der Waals surface area contributed by atoms with E-state index in [-0.39, 0.29) is 12.5 Å². The van der Waals surface area contributed by atoms with E-state index in [4.69, 9.17) is 14.2 Å². The van der Waals surface area contributed by atoms with Gasteiger partial charge in [0.2, 0.25) is 6.23 Å². The lowest BCUT2D eigenvalue weighted by Crippen LogP contribution is -2.42. The molecule has 7 heteroatoms. The molecule has 2 N–H and O–H groups in total. The van der Waals surface area contributed by atoms with Gasteiger partial charge in [-0.05, 0) is 49.4 Å². The van der Waals surface area contributed by atoms with Gasteiger partial charge in [0.1, 0.15) is 11.5 Å². The average Bonchev–Trinajstić information content (AvgIpc) is 2.63. The number of hydrogen-bond donors (Lipinski definition) is 2. The number of carbonyl (C=O) groups is 2. The van der Waals surface area contributed by atoms with Gasteiger partial charge in [-0.25, -0.2) is 4.79 Å². The van der Waals surface area contributed by atoms with Crippen molar-refractivity contribution in [2.45, 2.75) is 13.2 Å². The van der Waals surface area contributed by atoms with E-state index in [0.29, 0.717) is 22.7 Å². The van der Waals surface area contributed by atoms with Gasteiger partial charge in [-0.3, -0.25) is 4.79 Å². The minimum Gasteiger partial charge on any atom is -0.497 e. The van der Waals surface area contributed by atoms with E-state index in [1.807, 2.05) is 0 Å². The smallest absolute Gasteiger partial charge is 0.338 e. The van der Waals surface area contributed by atoms with Crippen LogP contribution in [-0.2, 0) is 9.53 Å². The lowest BCUT2D eigenvalue weighted by molar-refractivity contribution is -0.122. The quantitative estimate of drug-likeness (QED) is 0.813. The Morgan fingerprint density at radius 3 is 2.68 bits per heavy atom. The van der Waals surface area contributed by atoms with Gasteiger partial charge in [-0.2, -0.15) is 0 Å². The number of carbonyl (C=O) groups excluding carboxylic acids is 2. The summed E-state index contributed by atoms with van der Waals surface area (Å²) in [6, 6.07) is 11.9. The fraction of sp³-hybridized carbons (Fsp3) is 0.222. The summed E-state index contributed by atoms with van der Waals surface area (Å²) >= 11 is 0. The summed E-state index contributed by atoms with van der Waals surface area (Å²) in [5, 5.41) is 5.73. The molecule has 1 unspecified atom stereocenters. The third kappa shape index (κ3) is 3.65. The standard InChI is InChI=1S/C18H18N2O5/c1-3-24-18(22)11-4-9-15-14(10-11)20-16(21)17(25-15)19-12-5-7-13(23-2)8-6-12/h4-10,17,19H,3H2,1-2H3,(H,20,21). The Morgan fingerprint density at radius 2 is 2.00 bits per heavy atom. The summed E-state index contributed by atoms with van der Waals surface area (Å²) in [6.07, 6.45) is -0.880. The topological polar surface area (TPSA) is 85.9 Å². The van der Waals surface area contributed by atoms with E-state index in [1.54, 1.807) is 50.4 Å². The summed E-state index contributed by atoms with van der Waals surface area (Å²) in [7, 11) is 1.58. The number of anilines is 2. The fourth-order valence-corrected chi connectivity index (χ4v) is 2.38. The predicted molar refractivity (Wildman–Crippen MR) is 92.1 cm³/mol. The minimum atomic E-state index is -0.880. The van der Waals surface area contributed by atoms with E-state index in [2.05, 4.69) is 10.6 Å². The van der Waals surface area contributed by atoms with E-state index < -0.39 is 12.2 Å². The van der Waals surface area contributed by atoms with Crippen LogP contribution in [-0.4, -0.2) is 31.8 Å². The first-order valence-electron chi connectivity index (χ1n) is 7.80. The number of benzene rings is 2. The fourth-order valence-electron chi connectivity index (χ4n) is 2.38. The zero-order valence-corrected chi connectivity index (χ0v) is 13.9. The monoisotopic (exact) mass is 342 g/mol. The van der Waals surface area contributed by atoms with Crippen molar-refractivity contribution < 1.29 is 23.8 Å². The molecule has 0 radical (unpaired) electrons. The van der Waals surface area contributed by atoms with Crippen LogP contribution in [0.2, 0.25) is 0 Å². The number of methoxy groups -OCH3 is 1. The summed E-state index contributed by atoms with van der Waals surface area (Å²) in [4.78, 5) is 24.0. The van der Waals surface area contributed by atoms with Gasteiger partial charge in [-0.1, -0.05) is 0 Å². The zero-order chi connectivity index (χ0) is 17.8. The predicted octanol–water partition coefficient (Wildman–Crippen LogP) is 2.64. The SMILES string of the molecule is CCOC(=O)c1ccc2c(c1)NC(=O)C(Nc1ccc(OC)cc1)O2. The number of ether oxygens (including phenoxy) is 3. The Labute approximate surface area is 144 Å². The summed E-state index contributed by atoms with van der Waals surface area (Å²) in [5.74, 6) is 0.387. The highest BCUT2D eigenvalue weighted by Gasteiger charge is 2.28. The van der Waals surface area contributed by atoms with E-state index in [9.17, 15) is 9.59 Å². The van der Waals surface area contributed by atoms with Gasteiger partial charge in [0.25, 0.3) is 5.91 Å². The van der Waals surface area contributed by atoms with Gasteiger partial charge >= 0.3 is 5.97 Å². The second-order valence-corrected chi connectivity index (χ2v) is 5.29. The molecule has 1 aliphatic heterocycles. The molecule has 0 aliphatic carbocycles. The molecule has 0 aromatic heterocycles. The maximum atomic E-state index is 12.3. The molecule has 25 heavy (non-hydrogen) atoms. The van der Waals surface area contributed by atoms with Crippen LogP contribution < -0.4 is 20.1 Å². The second-order valence-electron chi connectivity index (χ2n) is 5.29.